The van der Waals surface area contributed by atoms with Gasteiger partial charge < -0.3 is 5.73 Å². The van der Waals surface area contributed by atoms with Crippen molar-refractivity contribution in [1.29, 1.82) is 0 Å². The molecule has 0 aromatic carbocycles. The number of hydrogen-bond donors (Lipinski definition) is 1. The predicted molar refractivity (Wildman–Crippen MR) is 53.9 cm³/mol. The average Bonchev–Trinajstić information content (AvgIpc) is 2.09. The molecule has 1 rings (SSSR count). The van der Waals surface area contributed by atoms with E-state index in [1.807, 2.05) is 0 Å². The Hall–Kier alpha value is -0.230. The molecule has 1 aromatic heterocycles. The molecule has 2 N–H and O–H groups in total. The number of rotatable bonds is 2. The van der Waals surface area contributed by atoms with E-state index in [0.717, 1.165) is 0 Å². The molecule has 0 saturated carbocycles. The monoisotopic (exact) mass is 314 g/mol. The summed E-state index contributed by atoms with van der Waals surface area (Å²) in [6, 6.07) is 1.32. The fraction of sp³-hybridized carbons (Fsp3) is 0.286. The number of anilines is 1. The minimum Gasteiger partial charge on any atom is -0.383 e. The summed E-state index contributed by atoms with van der Waals surface area (Å²) in [6.07, 6.45) is -2.59. The van der Waals surface area contributed by atoms with Gasteiger partial charge in [0.1, 0.15) is 11.5 Å². The molecular weight excluding hydrogens is 310 g/mol. The summed E-state index contributed by atoms with van der Waals surface area (Å²) < 4.78 is 25.1. The molecule has 1 heterocycles. The third-order valence-corrected chi connectivity index (χ3v) is 2.97. The van der Waals surface area contributed by atoms with Gasteiger partial charge in [0.2, 0.25) is 0 Å². The summed E-state index contributed by atoms with van der Waals surface area (Å²) in [7, 11) is 0. The topological polar surface area (TPSA) is 38.9 Å². The van der Waals surface area contributed by atoms with Crippen molar-refractivity contribution in [2.24, 2.45) is 0 Å². The number of nitrogens with two attached hydrogens (primary N) is 1. The molecule has 0 unspecified atom stereocenters. The van der Waals surface area contributed by atoms with Crippen molar-refractivity contribution >= 4 is 37.7 Å². The number of aromatic nitrogens is 1. The molecule has 0 saturated heterocycles. The largest absolute Gasteiger partial charge is 0.383 e. The molecule has 0 amide bonds. The Bertz CT molecular complexity index is 318. The van der Waals surface area contributed by atoms with Crippen LogP contribution in [0.1, 0.15) is 17.7 Å². The van der Waals surface area contributed by atoms with Gasteiger partial charge in [-0.1, -0.05) is 15.9 Å². The molecule has 0 aliphatic rings. The van der Waals surface area contributed by atoms with Gasteiger partial charge in [0.15, 0.2) is 0 Å². The van der Waals surface area contributed by atoms with Crippen LogP contribution in [0.3, 0.4) is 0 Å². The van der Waals surface area contributed by atoms with Crippen molar-refractivity contribution in [1.82, 2.24) is 4.98 Å². The molecule has 0 aliphatic carbocycles. The molecule has 72 valence electrons. The number of alkyl halides is 3. The Kier molecular flexibility index (Phi) is 3.61. The Labute approximate surface area is 90.8 Å². The van der Waals surface area contributed by atoms with Gasteiger partial charge in [-0.3, -0.25) is 0 Å². The molecule has 0 atom stereocenters. The zero-order valence-corrected chi connectivity index (χ0v) is 9.57. The maximum absolute atomic E-state index is 12.2. The van der Waals surface area contributed by atoms with Crippen LogP contribution in [0.25, 0.3) is 0 Å². The normalized spacial score (nSPS) is 10.8. The highest BCUT2D eigenvalue weighted by Crippen LogP contribution is 2.28. The van der Waals surface area contributed by atoms with E-state index in [-0.39, 0.29) is 11.5 Å². The molecule has 13 heavy (non-hydrogen) atoms. The number of nitrogen functional groups attached to an aromatic ring is 1. The summed E-state index contributed by atoms with van der Waals surface area (Å²) in [4.78, 5) is 3.54. The molecule has 2 nitrogen and oxygen atoms in total. The first-order chi connectivity index (χ1) is 6.06. The summed E-state index contributed by atoms with van der Waals surface area (Å²) >= 11 is 6.33. The van der Waals surface area contributed by atoms with Gasteiger partial charge in [0.25, 0.3) is 6.43 Å². The second-order valence-electron chi connectivity index (χ2n) is 2.34. The zero-order valence-electron chi connectivity index (χ0n) is 6.40. The zero-order chi connectivity index (χ0) is 10.0. The fourth-order valence-electron chi connectivity index (χ4n) is 0.836. The number of halogens is 4. The first-order valence-electron chi connectivity index (χ1n) is 3.35. The minimum absolute atomic E-state index is 0.0900. The maximum Gasteiger partial charge on any atom is 0.280 e. The lowest BCUT2D eigenvalue weighted by atomic mass is 10.2. The van der Waals surface area contributed by atoms with E-state index in [1.54, 1.807) is 0 Å². The predicted octanol–water partition coefficient (Wildman–Crippen LogP) is 3.26. The van der Waals surface area contributed by atoms with Crippen LogP contribution in [-0.4, -0.2) is 4.98 Å². The van der Waals surface area contributed by atoms with Crippen LogP contribution in [-0.2, 0) is 5.33 Å². The van der Waals surface area contributed by atoms with Crippen LogP contribution in [0, 0.1) is 0 Å². The third kappa shape index (κ3) is 2.37. The van der Waals surface area contributed by atoms with E-state index in [0.29, 0.717) is 15.4 Å². The van der Waals surface area contributed by atoms with Crippen molar-refractivity contribution in [2.45, 2.75) is 11.8 Å². The molecule has 0 spiro atoms. The van der Waals surface area contributed by atoms with Crippen LogP contribution >= 0.6 is 31.9 Å². The van der Waals surface area contributed by atoms with Crippen molar-refractivity contribution in [3.05, 3.63) is 21.8 Å². The molecule has 0 bridgehead atoms. The Morgan fingerprint density at radius 1 is 1.54 bits per heavy atom. The number of nitrogens with zero attached hydrogens (tertiary/aromatic N) is 1. The first kappa shape index (κ1) is 10.8. The fourth-order valence-corrected chi connectivity index (χ4v) is 2.00. The highest BCUT2D eigenvalue weighted by atomic mass is 79.9. The van der Waals surface area contributed by atoms with E-state index >= 15 is 0 Å². The van der Waals surface area contributed by atoms with Crippen LogP contribution in [0.4, 0.5) is 14.6 Å². The van der Waals surface area contributed by atoms with Gasteiger partial charge in [-0.05, 0) is 27.6 Å². The highest BCUT2D eigenvalue weighted by Gasteiger charge is 2.13. The van der Waals surface area contributed by atoms with Crippen LogP contribution in [0.15, 0.2) is 10.5 Å². The molecule has 0 fully saturated rings. The average molecular weight is 316 g/mol. The smallest absolute Gasteiger partial charge is 0.280 e. The lowest BCUT2D eigenvalue weighted by molar-refractivity contribution is 0.146. The number of hydrogen-bond acceptors (Lipinski definition) is 2. The molecule has 0 aliphatic heterocycles. The van der Waals surface area contributed by atoms with Crippen LogP contribution < -0.4 is 5.73 Å². The summed E-state index contributed by atoms with van der Waals surface area (Å²) in [5, 5.41) is 0.458. The summed E-state index contributed by atoms with van der Waals surface area (Å²) in [6.45, 7) is 0. The lowest BCUT2D eigenvalue weighted by Gasteiger charge is -2.06. The van der Waals surface area contributed by atoms with Gasteiger partial charge >= 0.3 is 0 Å². The number of pyridine rings is 1. The van der Waals surface area contributed by atoms with E-state index in [1.165, 1.54) is 6.07 Å². The van der Waals surface area contributed by atoms with E-state index in [4.69, 9.17) is 5.73 Å². The van der Waals surface area contributed by atoms with Crippen molar-refractivity contribution < 1.29 is 8.78 Å². The second kappa shape index (κ2) is 4.32. The van der Waals surface area contributed by atoms with Crippen molar-refractivity contribution in [3.8, 4) is 0 Å². The van der Waals surface area contributed by atoms with E-state index < -0.39 is 6.43 Å². The molecule has 0 radical (unpaired) electrons. The SMILES string of the molecule is Nc1nc(C(F)F)cc(CBr)c1Br. The quantitative estimate of drug-likeness (QED) is 0.851. The standard InChI is InChI=1S/C7H6Br2F2N2/c8-2-3-1-4(6(10)11)13-7(12)5(3)9/h1,6H,2H2,(H2,12,13). The Morgan fingerprint density at radius 2 is 2.15 bits per heavy atom. The lowest BCUT2D eigenvalue weighted by Crippen LogP contribution is -2.00. The first-order valence-corrected chi connectivity index (χ1v) is 5.26. The van der Waals surface area contributed by atoms with Crippen LogP contribution in [0.5, 0.6) is 0 Å². The van der Waals surface area contributed by atoms with Gasteiger partial charge in [-0.15, -0.1) is 0 Å². The summed E-state index contributed by atoms with van der Waals surface area (Å²) in [5.41, 5.74) is 5.80. The van der Waals surface area contributed by atoms with Gasteiger partial charge in [-0.2, -0.15) is 0 Å². The maximum atomic E-state index is 12.2. The highest BCUT2D eigenvalue weighted by molar-refractivity contribution is 9.11. The third-order valence-electron chi connectivity index (χ3n) is 1.45. The van der Waals surface area contributed by atoms with Gasteiger partial charge in [0, 0.05) is 5.33 Å². The Morgan fingerprint density at radius 3 is 2.62 bits per heavy atom. The van der Waals surface area contributed by atoms with Crippen LogP contribution in [0.2, 0.25) is 0 Å². The van der Waals surface area contributed by atoms with Crippen molar-refractivity contribution in [3.63, 3.8) is 0 Å². The van der Waals surface area contributed by atoms with E-state index in [2.05, 4.69) is 36.8 Å². The van der Waals surface area contributed by atoms with Crippen molar-refractivity contribution in [2.75, 3.05) is 5.73 Å². The summed E-state index contributed by atoms with van der Waals surface area (Å²) in [5.74, 6) is 0.0900. The van der Waals surface area contributed by atoms with Gasteiger partial charge in [0.05, 0.1) is 4.47 Å². The molecule has 6 heteroatoms. The minimum atomic E-state index is -2.59. The molecular formula is C7H6Br2F2N2. The van der Waals surface area contributed by atoms with Gasteiger partial charge in [-0.25, -0.2) is 13.8 Å². The van der Waals surface area contributed by atoms with E-state index in [9.17, 15) is 8.78 Å². The Balaban J connectivity index is 3.22. The molecule has 1 aromatic rings. The second-order valence-corrected chi connectivity index (χ2v) is 3.69.